The van der Waals surface area contributed by atoms with Crippen molar-refractivity contribution in [3.05, 3.63) is 69.5 Å². The number of para-hydroxylation sites is 1. The standard InChI is InChI=1S/C24H26N2O4/c1-23(2,3)15-10-16-19(30-22(29)24(16,4)5)11-18(15)26-21(28)14-12-25-17-9-7-6-8-13(17)20(14)27/h6-12,21,26,28H,1-5H3,(H,25,27). The van der Waals surface area contributed by atoms with Crippen LogP contribution >= 0.6 is 0 Å². The molecule has 3 aromatic rings. The number of H-pyrrole nitrogens is 1. The van der Waals surface area contributed by atoms with E-state index < -0.39 is 11.6 Å². The number of pyridine rings is 1. The van der Waals surface area contributed by atoms with E-state index in [0.29, 0.717) is 22.3 Å². The van der Waals surface area contributed by atoms with Crippen molar-refractivity contribution in [2.75, 3.05) is 5.32 Å². The summed E-state index contributed by atoms with van der Waals surface area (Å²) in [4.78, 5) is 28.2. The summed E-state index contributed by atoms with van der Waals surface area (Å²) in [5, 5.41) is 14.4. The van der Waals surface area contributed by atoms with Gasteiger partial charge in [0.25, 0.3) is 0 Å². The normalized spacial score (nSPS) is 16.3. The molecule has 0 saturated heterocycles. The molecule has 0 saturated carbocycles. The summed E-state index contributed by atoms with van der Waals surface area (Å²) in [5.74, 6) is 0.168. The fourth-order valence-corrected chi connectivity index (χ4v) is 3.84. The van der Waals surface area contributed by atoms with E-state index in [0.717, 1.165) is 11.1 Å². The minimum absolute atomic E-state index is 0.214. The Balaban J connectivity index is 1.78. The molecule has 6 heteroatoms. The van der Waals surface area contributed by atoms with Crippen LogP contribution in [0.3, 0.4) is 0 Å². The van der Waals surface area contributed by atoms with Crippen LogP contribution in [0.1, 0.15) is 57.5 Å². The van der Waals surface area contributed by atoms with Crippen LogP contribution in [-0.2, 0) is 15.6 Å². The number of hydrogen-bond donors (Lipinski definition) is 3. The Labute approximate surface area is 174 Å². The Morgan fingerprint density at radius 2 is 1.83 bits per heavy atom. The van der Waals surface area contributed by atoms with Gasteiger partial charge in [-0.3, -0.25) is 9.59 Å². The maximum absolute atomic E-state index is 12.9. The molecule has 30 heavy (non-hydrogen) atoms. The summed E-state index contributed by atoms with van der Waals surface area (Å²) >= 11 is 0. The van der Waals surface area contributed by atoms with E-state index in [1.54, 1.807) is 18.2 Å². The zero-order valence-electron chi connectivity index (χ0n) is 17.8. The Bertz CT molecular complexity index is 1220. The molecule has 0 spiro atoms. The lowest BCUT2D eigenvalue weighted by Crippen LogP contribution is -2.26. The van der Waals surface area contributed by atoms with Crippen LogP contribution in [0.2, 0.25) is 0 Å². The molecular weight excluding hydrogens is 380 g/mol. The molecule has 4 rings (SSSR count). The first kappa shape index (κ1) is 20.2. The zero-order valence-corrected chi connectivity index (χ0v) is 17.8. The second-order valence-corrected chi connectivity index (χ2v) is 9.32. The van der Waals surface area contributed by atoms with E-state index in [2.05, 4.69) is 31.1 Å². The van der Waals surface area contributed by atoms with Crippen molar-refractivity contribution in [1.29, 1.82) is 0 Å². The molecule has 2 heterocycles. The van der Waals surface area contributed by atoms with Crippen LogP contribution in [0, 0.1) is 0 Å². The largest absolute Gasteiger partial charge is 0.425 e. The predicted octanol–water partition coefficient (Wildman–Crippen LogP) is 4.13. The van der Waals surface area contributed by atoms with Gasteiger partial charge in [-0.25, -0.2) is 0 Å². The lowest BCUT2D eigenvalue weighted by molar-refractivity contribution is -0.137. The zero-order chi connectivity index (χ0) is 21.8. The van der Waals surface area contributed by atoms with Crippen molar-refractivity contribution in [3.63, 3.8) is 0 Å². The number of carbonyl (C=O) groups is 1. The number of aliphatic hydroxyl groups excluding tert-OH is 1. The molecular formula is C24H26N2O4. The molecule has 0 fully saturated rings. The van der Waals surface area contributed by atoms with Crippen LogP contribution in [0.5, 0.6) is 5.75 Å². The van der Waals surface area contributed by atoms with Gasteiger partial charge in [-0.05, 0) is 43.0 Å². The number of fused-ring (bicyclic) bond motifs is 2. The number of benzene rings is 2. The van der Waals surface area contributed by atoms with E-state index in [4.69, 9.17) is 4.74 Å². The van der Waals surface area contributed by atoms with Crippen LogP contribution < -0.4 is 15.5 Å². The van der Waals surface area contributed by atoms with Crippen LogP contribution in [-0.4, -0.2) is 16.1 Å². The lowest BCUT2D eigenvalue weighted by atomic mass is 9.79. The summed E-state index contributed by atoms with van der Waals surface area (Å²) in [6, 6.07) is 10.9. The Kier molecular flexibility index (Phi) is 4.51. The van der Waals surface area contributed by atoms with E-state index in [9.17, 15) is 14.7 Å². The molecule has 0 radical (unpaired) electrons. The number of esters is 1. The number of carbonyl (C=O) groups excluding carboxylic acids is 1. The van der Waals surface area contributed by atoms with Gasteiger partial charge >= 0.3 is 5.97 Å². The topological polar surface area (TPSA) is 91.4 Å². The van der Waals surface area contributed by atoms with Crippen molar-refractivity contribution in [2.24, 2.45) is 0 Å². The first-order valence-electron chi connectivity index (χ1n) is 9.96. The number of aromatic nitrogens is 1. The highest BCUT2D eigenvalue weighted by atomic mass is 16.5. The number of nitrogens with one attached hydrogen (secondary N) is 2. The molecule has 156 valence electrons. The first-order chi connectivity index (χ1) is 14.0. The van der Waals surface area contributed by atoms with E-state index in [1.807, 2.05) is 32.0 Å². The van der Waals surface area contributed by atoms with E-state index in [1.165, 1.54) is 6.20 Å². The Hall–Kier alpha value is -3.12. The van der Waals surface area contributed by atoms with Crippen molar-refractivity contribution in [3.8, 4) is 5.75 Å². The van der Waals surface area contributed by atoms with Crippen molar-refractivity contribution >= 4 is 22.6 Å². The predicted molar refractivity (Wildman–Crippen MR) is 117 cm³/mol. The second kappa shape index (κ2) is 6.71. The number of hydrogen-bond acceptors (Lipinski definition) is 5. The number of aromatic amines is 1. The third kappa shape index (κ3) is 3.17. The van der Waals surface area contributed by atoms with Gasteiger partial charge in [0, 0.05) is 34.4 Å². The summed E-state index contributed by atoms with van der Waals surface area (Å²) in [7, 11) is 0. The average Bonchev–Trinajstić information content (AvgIpc) is 2.89. The number of aliphatic hydroxyl groups is 1. The maximum atomic E-state index is 12.9. The van der Waals surface area contributed by atoms with Gasteiger partial charge in [0.2, 0.25) is 0 Å². The highest BCUT2D eigenvalue weighted by Crippen LogP contribution is 2.45. The quantitative estimate of drug-likeness (QED) is 0.346. The van der Waals surface area contributed by atoms with Gasteiger partial charge in [-0.2, -0.15) is 0 Å². The lowest BCUT2D eigenvalue weighted by Gasteiger charge is -2.27. The number of rotatable bonds is 3. The maximum Gasteiger partial charge on any atom is 0.321 e. The summed E-state index contributed by atoms with van der Waals surface area (Å²) in [6.07, 6.45) is 0.290. The second-order valence-electron chi connectivity index (χ2n) is 9.32. The van der Waals surface area contributed by atoms with E-state index >= 15 is 0 Å². The van der Waals surface area contributed by atoms with Crippen molar-refractivity contribution in [1.82, 2.24) is 4.98 Å². The molecule has 6 nitrogen and oxygen atoms in total. The fourth-order valence-electron chi connectivity index (χ4n) is 3.84. The van der Waals surface area contributed by atoms with Gasteiger partial charge in [0.15, 0.2) is 11.7 Å². The minimum atomic E-state index is -1.23. The molecule has 0 amide bonds. The molecule has 0 aliphatic carbocycles. The number of anilines is 1. The third-order valence-electron chi connectivity index (χ3n) is 5.72. The molecule has 1 unspecified atom stereocenters. The van der Waals surface area contributed by atoms with Crippen molar-refractivity contribution < 1.29 is 14.6 Å². The van der Waals surface area contributed by atoms with Gasteiger partial charge in [0.05, 0.1) is 11.0 Å². The highest BCUT2D eigenvalue weighted by Gasteiger charge is 2.42. The van der Waals surface area contributed by atoms with Gasteiger partial charge in [0.1, 0.15) is 5.75 Å². The molecule has 1 aromatic heterocycles. The molecule has 1 aliphatic heterocycles. The van der Waals surface area contributed by atoms with Gasteiger partial charge in [-0.15, -0.1) is 0 Å². The SMILES string of the molecule is CC(C)(C)c1cc2c(cc1NC(O)c1c[nH]c3ccccc3c1=O)OC(=O)C2(C)C. The average molecular weight is 406 g/mol. The smallest absolute Gasteiger partial charge is 0.321 e. The van der Waals surface area contributed by atoms with Crippen molar-refractivity contribution in [2.45, 2.75) is 51.7 Å². The summed E-state index contributed by atoms with van der Waals surface area (Å²) < 4.78 is 5.47. The fraction of sp³-hybridized carbons (Fsp3) is 0.333. The Morgan fingerprint density at radius 1 is 1.13 bits per heavy atom. The summed E-state index contributed by atoms with van der Waals surface area (Å²) in [6.45, 7) is 9.84. The summed E-state index contributed by atoms with van der Waals surface area (Å²) in [5.41, 5.74) is 2.04. The molecule has 1 atom stereocenters. The highest BCUT2D eigenvalue weighted by molar-refractivity contribution is 5.90. The van der Waals surface area contributed by atoms with Gasteiger partial charge < -0.3 is 20.1 Å². The van der Waals surface area contributed by atoms with Crippen LogP contribution in [0.25, 0.3) is 10.9 Å². The van der Waals surface area contributed by atoms with E-state index in [-0.39, 0.29) is 22.4 Å². The molecule has 2 aromatic carbocycles. The van der Waals surface area contributed by atoms with Gasteiger partial charge in [-0.1, -0.05) is 32.9 Å². The third-order valence-corrected chi connectivity index (χ3v) is 5.72. The number of ether oxygens (including phenoxy) is 1. The van der Waals surface area contributed by atoms with Crippen LogP contribution in [0.4, 0.5) is 5.69 Å². The molecule has 3 N–H and O–H groups in total. The Morgan fingerprint density at radius 3 is 2.53 bits per heavy atom. The first-order valence-corrected chi connectivity index (χ1v) is 9.96. The minimum Gasteiger partial charge on any atom is -0.425 e. The molecule has 1 aliphatic rings. The monoisotopic (exact) mass is 406 g/mol. The van der Waals surface area contributed by atoms with Crippen LogP contribution in [0.15, 0.2) is 47.4 Å². The molecule has 0 bridgehead atoms.